The molecule has 0 radical (unpaired) electrons. The molecule has 12 heteroatoms. The summed E-state index contributed by atoms with van der Waals surface area (Å²) in [5, 5.41) is 41.5. The Morgan fingerprint density at radius 3 is 2.67 bits per heavy atom. The van der Waals surface area contributed by atoms with E-state index in [2.05, 4.69) is 4.94 Å². The normalized spacial score (nSPS) is 26.6. The van der Waals surface area contributed by atoms with Crippen molar-refractivity contribution in [3.05, 3.63) is 48.6 Å². The Balaban J connectivity index is 2.51. The largest absolute Gasteiger partial charge is 0.732 e. The fourth-order valence-electron chi connectivity index (χ4n) is 1.70. The molecule has 0 aromatic carbocycles. The number of hydrogen-bond acceptors (Lipinski definition) is 10. The summed E-state index contributed by atoms with van der Waals surface area (Å²) >= 11 is 0. The molecule has 3 N–H and O–H groups in total. The highest BCUT2D eigenvalue weighted by Gasteiger charge is 2.46. The minimum atomic E-state index is -1.62. The Labute approximate surface area is 97.9 Å². The van der Waals surface area contributed by atoms with Crippen molar-refractivity contribution in [3.63, 3.8) is 0 Å². The predicted molar refractivity (Wildman–Crippen MR) is 51.0 cm³/mol. The highest BCUT2D eigenvalue weighted by atomic mass is 17.0. The van der Waals surface area contributed by atoms with E-state index in [9.17, 15) is 25.4 Å². The fraction of sp³-hybridized carbons (Fsp3) is 0.333. The van der Waals surface area contributed by atoms with Crippen molar-refractivity contribution in [1.29, 1.82) is 0 Å². The molecule has 1 aliphatic heterocycles. The molecule has 0 aromatic rings. The van der Waals surface area contributed by atoms with Gasteiger partial charge in [0.1, 0.15) is 5.70 Å². The van der Waals surface area contributed by atoms with Gasteiger partial charge in [0.2, 0.25) is 0 Å². The monoisotopic (exact) mass is 260 g/mol. The Morgan fingerprint density at radius 2 is 2.17 bits per heavy atom. The average Bonchev–Trinajstić information content (AvgIpc) is 2.69. The quantitative estimate of drug-likeness (QED) is 0.406. The smallest absolute Gasteiger partial charge is 0.281 e. The lowest BCUT2D eigenvalue weighted by Gasteiger charge is -2.28. The van der Waals surface area contributed by atoms with E-state index in [1.807, 2.05) is 5.48 Å². The molecule has 0 spiro atoms. The van der Waals surface area contributed by atoms with Gasteiger partial charge in [-0.25, -0.2) is 5.48 Å². The zero-order chi connectivity index (χ0) is 13.4. The number of nitrogens with one attached hydrogen (secondary N) is 2. The van der Waals surface area contributed by atoms with E-state index in [0.29, 0.717) is 6.08 Å². The standard InChI is InChI=1S/C6H6N5O7/c12-7-4-2(9(13)14)1-3(10(15)16)5-6(4)11(17)18-8-5/h1,3-4,7-8,12H/q-1. The molecule has 0 aromatic heterocycles. The number of nitrogens with zero attached hydrogens (tertiary/aromatic N) is 3. The average molecular weight is 260 g/mol. The van der Waals surface area contributed by atoms with Gasteiger partial charge in [0.25, 0.3) is 11.7 Å². The van der Waals surface area contributed by atoms with E-state index in [4.69, 9.17) is 5.21 Å². The number of nitro groups is 2. The zero-order valence-corrected chi connectivity index (χ0v) is 8.47. The van der Waals surface area contributed by atoms with Crippen LogP contribution in [0, 0.1) is 25.4 Å². The molecule has 2 aliphatic rings. The molecular weight excluding hydrogens is 254 g/mol. The third-order valence-electron chi connectivity index (χ3n) is 2.47. The summed E-state index contributed by atoms with van der Waals surface area (Å²) in [4.78, 5) is 24.0. The van der Waals surface area contributed by atoms with Gasteiger partial charge in [-0.15, -0.1) is 0 Å². The number of hydroxylamine groups is 4. The number of rotatable bonds is 3. The molecule has 0 saturated heterocycles. The Kier molecular flexibility index (Phi) is 2.84. The summed E-state index contributed by atoms with van der Waals surface area (Å²) in [5.74, 6) is 0. The molecule has 0 amide bonds. The van der Waals surface area contributed by atoms with Crippen molar-refractivity contribution in [2.24, 2.45) is 0 Å². The highest BCUT2D eigenvalue weighted by Crippen LogP contribution is 2.31. The second-order valence-corrected chi connectivity index (χ2v) is 3.39. The maximum absolute atomic E-state index is 11.3. The first kappa shape index (κ1) is 12.2. The van der Waals surface area contributed by atoms with Crippen molar-refractivity contribution in [1.82, 2.24) is 16.2 Å². The molecule has 2 unspecified atom stereocenters. The summed E-state index contributed by atoms with van der Waals surface area (Å²) in [6, 6.07) is -3.14. The van der Waals surface area contributed by atoms with Crippen molar-refractivity contribution in [2.45, 2.75) is 12.1 Å². The van der Waals surface area contributed by atoms with E-state index in [1.54, 1.807) is 5.48 Å². The van der Waals surface area contributed by atoms with Crippen LogP contribution in [0.25, 0.3) is 0 Å². The first-order valence-electron chi connectivity index (χ1n) is 4.51. The molecule has 12 nitrogen and oxygen atoms in total. The van der Waals surface area contributed by atoms with Crippen LogP contribution in [0.5, 0.6) is 0 Å². The first-order chi connectivity index (χ1) is 8.47. The minimum Gasteiger partial charge on any atom is -0.732 e. The second-order valence-electron chi connectivity index (χ2n) is 3.39. The van der Waals surface area contributed by atoms with Gasteiger partial charge in [-0.1, -0.05) is 0 Å². The van der Waals surface area contributed by atoms with Crippen LogP contribution in [0.4, 0.5) is 0 Å². The molecule has 18 heavy (non-hydrogen) atoms. The first-order valence-corrected chi connectivity index (χ1v) is 4.51. The van der Waals surface area contributed by atoms with E-state index in [0.717, 1.165) is 0 Å². The minimum absolute atomic E-state index is 0.170. The van der Waals surface area contributed by atoms with Crippen LogP contribution in [0.2, 0.25) is 0 Å². The van der Waals surface area contributed by atoms with Gasteiger partial charge < -0.3 is 10.4 Å². The third kappa shape index (κ3) is 1.65. The zero-order valence-electron chi connectivity index (χ0n) is 8.47. The molecule has 98 valence electrons. The lowest BCUT2D eigenvalue weighted by atomic mass is 9.98. The van der Waals surface area contributed by atoms with Crippen LogP contribution < -0.4 is 11.0 Å². The summed E-state index contributed by atoms with van der Waals surface area (Å²) in [7, 11) is 0. The van der Waals surface area contributed by atoms with Crippen LogP contribution in [-0.2, 0) is 4.94 Å². The molecule has 0 saturated carbocycles. The summed E-state index contributed by atoms with van der Waals surface area (Å²) in [6.45, 7) is 0. The van der Waals surface area contributed by atoms with Gasteiger partial charge in [-0.05, 0) is 0 Å². The maximum atomic E-state index is 11.3. The van der Waals surface area contributed by atoms with Gasteiger partial charge >= 0.3 is 0 Å². The van der Waals surface area contributed by atoms with Gasteiger partial charge in [0.05, 0.1) is 16.7 Å². The molecule has 0 bridgehead atoms. The van der Waals surface area contributed by atoms with Crippen molar-refractivity contribution < 1.29 is 20.0 Å². The van der Waals surface area contributed by atoms with Crippen LogP contribution >= 0.6 is 0 Å². The van der Waals surface area contributed by atoms with Crippen LogP contribution in [0.1, 0.15) is 0 Å². The van der Waals surface area contributed by atoms with Crippen LogP contribution in [0.3, 0.4) is 0 Å². The van der Waals surface area contributed by atoms with Crippen molar-refractivity contribution in [2.75, 3.05) is 0 Å². The SMILES string of the molecule is O=[N+]([O-])C1=CC([N+](=O)[O-])C2=C(C1NO)N([O-])ON2. The second kappa shape index (κ2) is 4.19. The molecule has 2 rings (SSSR count). The molecule has 0 fully saturated rings. The number of hydrogen-bond donors (Lipinski definition) is 3. The van der Waals surface area contributed by atoms with Gasteiger partial charge in [0.15, 0.2) is 6.04 Å². The van der Waals surface area contributed by atoms with Crippen LogP contribution in [-0.4, -0.2) is 32.4 Å². The Bertz CT molecular complexity index is 473. The lowest BCUT2D eigenvalue weighted by Crippen LogP contribution is -2.42. The Hall–Kier alpha value is -2.28. The van der Waals surface area contributed by atoms with E-state index in [1.165, 1.54) is 0 Å². The lowest BCUT2D eigenvalue weighted by molar-refractivity contribution is -0.504. The van der Waals surface area contributed by atoms with Gasteiger partial charge in [-0.3, -0.25) is 25.5 Å². The fourth-order valence-corrected chi connectivity index (χ4v) is 1.70. The van der Waals surface area contributed by atoms with E-state index >= 15 is 0 Å². The summed E-state index contributed by atoms with van der Waals surface area (Å²) in [6.07, 6.45) is 0.711. The van der Waals surface area contributed by atoms with Crippen LogP contribution in [0.15, 0.2) is 23.2 Å². The van der Waals surface area contributed by atoms with E-state index < -0.39 is 33.3 Å². The Morgan fingerprint density at radius 1 is 1.50 bits per heavy atom. The van der Waals surface area contributed by atoms with Gasteiger partial charge in [0, 0.05) is 4.92 Å². The molecular formula is C6H6N5O7-. The van der Waals surface area contributed by atoms with Crippen molar-refractivity contribution in [3.8, 4) is 0 Å². The molecule has 2 atom stereocenters. The third-order valence-corrected chi connectivity index (χ3v) is 2.47. The topological polar surface area (TPSA) is 166 Å². The summed E-state index contributed by atoms with van der Waals surface area (Å²) < 4.78 is 0. The molecule has 1 heterocycles. The highest BCUT2D eigenvalue weighted by molar-refractivity contribution is 5.36. The maximum Gasteiger partial charge on any atom is 0.281 e. The molecule has 1 aliphatic carbocycles. The van der Waals surface area contributed by atoms with E-state index in [-0.39, 0.29) is 10.9 Å². The van der Waals surface area contributed by atoms with Crippen molar-refractivity contribution >= 4 is 0 Å². The predicted octanol–water partition coefficient (Wildman–Crippen LogP) is -1.39. The van der Waals surface area contributed by atoms with Gasteiger partial charge in [-0.2, -0.15) is 10.4 Å². The summed E-state index contributed by atoms with van der Waals surface area (Å²) in [5.41, 5.74) is 2.09.